The van der Waals surface area contributed by atoms with E-state index < -0.39 is 23.7 Å². The molecule has 7 nitrogen and oxygen atoms in total. The summed E-state index contributed by atoms with van der Waals surface area (Å²) >= 11 is 12.6. The molecule has 1 N–H and O–H groups in total. The number of methoxy groups -OCH3 is 2. The summed E-state index contributed by atoms with van der Waals surface area (Å²) in [6.45, 7) is -0.326. The van der Waals surface area contributed by atoms with Gasteiger partial charge in [-0.15, -0.1) is 0 Å². The molecule has 1 unspecified atom stereocenters. The van der Waals surface area contributed by atoms with Crippen LogP contribution in [0.3, 0.4) is 0 Å². The number of ether oxygens (including phenoxy) is 3. The van der Waals surface area contributed by atoms with Crippen molar-refractivity contribution < 1.29 is 28.2 Å². The molecule has 2 amide bonds. The molecular weight excluding hydrogens is 498 g/mol. The zero-order valence-electron chi connectivity index (χ0n) is 18.8. The summed E-state index contributed by atoms with van der Waals surface area (Å²) in [5, 5.41) is 3.18. The van der Waals surface area contributed by atoms with E-state index in [1.165, 1.54) is 55.5 Å². The fourth-order valence-electron chi connectivity index (χ4n) is 3.84. The van der Waals surface area contributed by atoms with Crippen LogP contribution in [-0.4, -0.2) is 37.5 Å². The third kappa shape index (κ3) is 5.28. The van der Waals surface area contributed by atoms with Gasteiger partial charge in [-0.3, -0.25) is 9.59 Å². The third-order valence-electron chi connectivity index (χ3n) is 5.50. The van der Waals surface area contributed by atoms with Crippen LogP contribution in [0.5, 0.6) is 17.2 Å². The number of rotatable bonds is 6. The summed E-state index contributed by atoms with van der Waals surface area (Å²) in [6.07, 6.45) is 0. The zero-order valence-corrected chi connectivity index (χ0v) is 20.3. The number of carbonyl (C=O) groups is 2. The number of anilines is 1. The van der Waals surface area contributed by atoms with Crippen LogP contribution in [0.1, 0.15) is 17.2 Å². The fraction of sp³-hybridized carbons (Fsp3) is 0.200. The van der Waals surface area contributed by atoms with E-state index >= 15 is 0 Å². The maximum Gasteiger partial charge on any atom is 0.261 e. The highest BCUT2D eigenvalue weighted by atomic mass is 35.5. The van der Waals surface area contributed by atoms with E-state index in [4.69, 9.17) is 37.4 Å². The van der Waals surface area contributed by atoms with Crippen LogP contribution in [0.4, 0.5) is 10.1 Å². The van der Waals surface area contributed by atoms with E-state index in [9.17, 15) is 14.0 Å². The van der Waals surface area contributed by atoms with Crippen molar-refractivity contribution in [1.29, 1.82) is 0 Å². The van der Waals surface area contributed by atoms with E-state index in [2.05, 4.69) is 5.32 Å². The Hall–Kier alpha value is -3.49. The fourth-order valence-corrected chi connectivity index (χ4v) is 4.40. The number of benzene rings is 3. The van der Waals surface area contributed by atoms with Gasteiger partial charge in [-0.2, -0.15) is 0 Å². The number of nitrogens with one attached hydrogen (secondary N) is 1. The minimum atomic E-state index is -1.16. The lowest BCUT2D eigenvalue weighted by molar-refractivity contribution is -0.140. The molecule has 1 aliphatic rings. The molecule has 1 aliphatic heterocycles. The van der Waals surface area contributed by atoms with Crippen LogP contribution in [-0.2, 0) is 16.1 Å². The quantitative estimate of drug-likeness (QED) is 0.482. The Bertz CT molecular complexity index is 1270. The molecule has 182 valence electrons. The molecule has 4 rings (SSSR count). The maximum atomic E-state index is 13.6. The van der Waals surface area contributed by atoms with Crippen LogP contribution in [0.2, 0.25) is 10.0 Å². The average Bonchev–Trinajstić information content (AvgIpc) is 2.97. The Morgan fingerprint density at radius 2 is 1.86 bits per heavy atom. The molecule has 3 aromatic rings. The highest BCUT2D eigenvalue weighted by Gasteiger charge is 2.38. The number of halogens is 3. The van der Waals surface area contributed by atoms with Crippen LogP contribution < -0.4 is 19.5 Å². The maximum absolute atomic E-state index is 13.6. The predicted octanol–water partition coefficient (Wildman–Crippen LogP) is 5.25. The zero-order chi connectivity index (χ0) is 25.1. The molecule has 0 radical (unpaired) electrons. The summed E-state index contributed by atoms with van der Waals surface area (Å²) in [7, 11) is 3.03. The molecule has 0 fully saturated rings. The standard InChI is InChI=1S/C25H21Cl2FN2O5/c1-33-18-8-3-14(21(11-18)34-2)12-30-22(31)13-35-24-19(9-15(26)10-20(24)27)23(30)25(32)29-17-6-4-16(28)5-7-17/h3-11,23H,12-13H2,1-2H3,(H,29,32). The summed E-state index contributed by atoms with van der Waals surface area (Å²) < 4.78 is 29.8. The second-order valence-electron chi connectivity index (χ2n) is 7.69. The lowest BCUT2D eigenvalue weighted by Gasteiger charge is -2.30. The first-order valence-electron chi connectivity index (χ1n) is 10.5. The Labute approximate surface area is 211 Å². The smallest absolute Gasteiger partial charge is 0.261 e. The molecule has 0 spiro atoms. The van der Waals surface area contributed by atoms with E-state index in [-0.39, 0.29) is 28.9 Å². The van der Waals surface area contributed by atoms with E-state index in [0.717, 1.165) is 0 Å². The van der Waals surface area contributed by atoms with Gasteiger partial charge >= 0.3 is 0 Å². The van der Waals surface area contributed by atoms with Crippen LogP contribution in [0, 0.1) is 5.82 Å². The van der Waals surface area contributed by atoms with Crippen LogP contribution in [0.25, 0.3) is 0 Å². The van der Waals surface area contributed by atoms with Crippen molar-refractivity contribution in [2.75, 3.05) is 26.1 Å². The molecule has 0 bridgehead atoms. The Balaban J connectivity index is 1.79. The molecule has 0 aromatic heterocycles. The molecule has 0 saturated carbocycles. The van der Waals surface area contributed by atoms with E-state index in [1.54, 1.807) is 18.2 Å². The second-order valence-corrected chi connectivity index (χ2v) is 8.54. The van der Waals surface area contributed by atoms with E-state index in [1.807, 2.05) is 0 Å². The van der Waals surface area contributed by atoms with Gasteiger partial charge in [0, 0.05) is 27.9 Å². The molecule has 3 aromatic carbocycles. The van der Waals surface area contributed by atoms with Crippen LogP contribution in [0.15, 0.2) is 54.6 Å². The number of amides is 2. The molecule has 10 heteroatoms. The summed E-state index contributed by atoms with van der Waals surface area (Å²) in [6, 6.07) is 12.3. The Morgan fingerprint density at radius 1 is 1.11 bits per heavy atom. The summed E-state index contributed by atoms with van der Waals surface area (Å²) in [4.78, 5) is 28.2. The van der Waals surface area contributed by atoms with Gasteiger partial charge < -0.3 is 24.4 Å². The molecule has 35 heavy (non-hydrogen) atoms. The minimum Gasteiger partial charge on any atom is -0.497 e. The molecule has 0 aliphatic carbocycles. The van der Waals surface area contributed by atoms with E-state index in [0.29, 0.717) is 28.3 Å². The molecule has 1 heterocycles. The minimum absolute atomic E-state index is 0.0143. The lowest BCUT2D eigenvalue weighted by Crippen LogP contribution is -2.41. The van der Waals surface area contributed by atoms with Crippen molar-refractivity contribution in [1.82, 2.24) is 4.90 Å². The number of nitrogens with zero attached hydrogens (tertiary/aromatic N) is 1. The van der Waals surface area contributed by atoms with Crippen molar-refractivity contribution in [3.05, 3.63) is 81.6 Å². The second kappa shape index (κ2) is 10.4. The largest absolute Gasteiger partial charge is 0.497 e. The first-order chi connectivity index (χ1) is 16.8. The summed E-state index contributed by atoms with van der Waals surface area (Å²) in [5.74, 6) is -0.214. The third-order valence-corrected chi connectivity index (χ3v) is 6.00. The topological polar surface area (TPSA) is 77.1 Å². The SMILES string of the molecule is COc1ccc(CN2C(=O)COc3c(Cl)cc(Cl)cc3C2C(=O)Nc2ccc(F)cc2)c(OC)c1. The number of hydrogen-bond acceptors (Lipinski definition) is 5. The lowest BCUT2D eigenvalue weighted by atomic mass is 10.0. The van der Waals surface area contributed by atoms with Crippen molar-refractivity contribution in [2.45, 2.75) is 12.6 Å². The monoisotopic (exact) mass is 518 g/mol. The van der Waals surface area contributed by atoms with Gasteiger partial charge in [0.1, 0.15) is 29.1 Å². The van der Waals surface area contributed by atoms with Gasteiger partial charge in [-0.1, -0.05) is 23.2 Å². The van der Waals surface area contributed by atoms with Crippen molar-refractivity contribution >= 4 is 40.7 Å². The van der Waals surface area contributed by atoms with Gasteiger partial charge in [0.05, 0.1) is 25.8 Å². The molecular formula is C25H21Cl2FN2O5. The van der Waals surface area contributed by atoms with Gasteiger partial charge in [0.2, 0.25) is 0 Å². The first-order valence-corrected chi connectivity index (χ1v) is 11.2. The van der Waals surface area contributed by atoms with Gasteiger partial charge in [-0.05, 0) is 48.5 Å². The van der Waals surface area contributed by atoms with Crippen molar-refractivity contribution in [2.24, 2.45) is 0 Å². The molecule has 1 atom stereocenters. The highest BCUT2D eigenvalue weighted by molar-refractivity contribution is 6.35. The summed E-state index contributed by atoms with van der Waals surface area (Å²) in [5.41, 5.74) is 1.31. The van der Waals surface area contributed by atoms with Crippen LogP contribution >= 0.6 is 23.2 Å². The van der Waals surface area contributed by atoms with Gasteiger partial charge in [0.25, 0.3) is 11.8 Å². The molecule has 0 saturated heterocycles. The van der Waals surface area contributed by atoms with Gasteiger partial charge in [0.15, 0.2) is 6.61 Å². The van der Waals surface area contributed by atoms with Crippen molar-refractivity contribution in [3.63, 3.8) is 0 Å². The normalized spacial score (nSPS) is 15.1. The highest BCUT2D eigenvalue weighted by Crippen LogP contribution is 2.41. The number of carbonyl (C=O) groups excluding carboxylic acids is 2. The van der Waals surface area contributed by atoms with Crippen molar-refractivity contribution in [3.8, 4) is 17.2 Å². The average molecular weight is 519 g/mol. The van der Waals surface area contributed by atoms with Gasteiger partial charge in [-0.25, -0.2) is 4.39 Å². The first kappa shape index (κ1) is 24.6. The predicted molar refractivity (Wildman–Crippen MR) is 130 cm³/mol. The Kier molecular flexibility index (Phi) is 7.33. The number of fused-ring (bicyclic) bond motifs is 1. The number of hydrogen-bond donors (Lipinski definition) is 1. The Morgan fingerprint density at radius 3 is 2.54 bits per heavy atom.